The molecular weight excluding hydrogens is 298 g/mol. The number of likely N-dealkylation sites (tertiary alicyclic amines) is 1. The number of hydrogen-bond acceptors (Lipinski definition) is 3. The number of nitrogens with one attached hydrogen (secondary N) is 1. The first-order valence-electron chi connectivity index (χ1n) is 9.04. The molecule has 0 saturated carbocycles. The van der Waals surface area contributed by atoms with E-state index in [2.05, 4.69) is 56.8 Å². The number of imidazole rings is 2. The molecule has 0 bridgehead atoms. The maximum Gasteiger partial charge on any atom is 0.124 e. The van der Waals surface area contributed by atoms with Crippen LogP contribution in [-0.4, -0.2) is 37.5 Å². The van der Waals surface area contributed by atoms with Crippen molar-refractivity contribution < 1.29 is 0 Å². The van der Waals surface area contributed by atoms with Crippen LogP contribution in [0.4, 0.5) is 0 Å². The van der Waals surface area contributed by atoms with Crippen LogP contribution in [0.3, 0.4) is 0 Å². The Bertz CT molecular complexity index is 770. The van der Waals surface area contributed by atoms with Crippen molar-refractivity contribution in [1.29, 1.82) is 0 Å². The van der Waals surface area contributed by atoms with Crippen molar-refractivity contribution >= 4 is 11.0 Å². The summed E-state index contributed by atoms with van der Waals surface area (Å²) < 4.78 is 2.28. The largest absolute Gasteiger partial charge is 0.341 e. The van der Waals surface area contributed by atoms with E-state index in [9.17, 15) is 0 Å². The van der Waals surface area contributed by atoms with Gasteiger partial charge in [-0.25, -0.2) is 9.97 Å². The highest BCUT2D eigenvalue weighted by Crippen LogP contribution is 2.30. The smallest absolute Gasteiger partial charge is 0.124 e. The zero-order valence-electron chi connectivity index (χ0n) is 14.3. The first kappa shape index (κ1) is 15.4. The van der Waals surface area contributed by atoms with Crippen LogP contribution < -0.4 is 0 Å². The summed E-state index contributed by atoms with van der Waals surface area (Å²) in [6.45, 7) is 5.36. The number of benzene rings is 1. The van der Waals surface area contributed by atoms with E-state index in [-0.39, 0.29) is 0 Å². The van der Waals surface area contributed by atoms with Crippen molar-refractivity contribution in [3.8, 4) is 0 Å². The highest BCUT2D eigenvalue weighted by molar-refractivity contribution is 5.74. The van der Waals surface area contributed by atoms with Crippen molar-refractivity contribution in [2.45, 2.75) is 45.2 Å². The lowest BCUT2D eigenvalue weighted by atomic mass is 10.0. The summed E-state index contributed by atoms with van der Waals surface area (Å²) in [5, 5.41) is 0. The van der Waals surface area contributed by atoms with Crippen LogP contribution in [0.2, 0.25) is 0 Å². The Morgan fingerprint density at radius 1 is 1.21 bits per heavy atom. The predicted octanol–water partition coefficient (Wildman–Crippen LogP) is 3.55. The molecule has 1 aliphatic heterocycles. The topological polar surface area (TPSA) is 49.7 Å². The van der Waals surface area contributed by atoms with Gasteiger partial charge in [-0.05, 0) is 31.5 Å². The van der Waals surface area contributed by atoms with Crippen LogP contribution >= 0.6 is 0 Å². The monoisotopic (exact) mass is 323 g/mol. The van der Waals surface area contributed by atoms with Crippen LogP contribution in [0.15, 0.2) is 36.7 Å². The zero-order valence-corrected chi connectivity index (χ0v) is 14.3. The Morgan fingerprint density at radius 2 is 2.12 bits per heavy atom. The van der Waals surface area contributed by atoms with Crippen LogP contribution in [0, 0.1) is 0 Å². The number of rotatable bonds is 5. The number of aryl methyl sites for hydroxylation is 1. The van der Waals surface area contributed by atoms with E-state index in [1.54, 1.807) is 0 Å². The summed E-state index contributed by atoms with van der Waals surface area (Å²) >= 11 is 0. The summed E-state index contributed by atoms with van der Waals surface area (Å²) in [7, 11) is 0. The second-order valence-electron chi connectivity index (χ2n) is 6.58. The fraction of sp³-hybridized carbons (Fsp3) is 0.474. The molecule has 1 atom stereocenters. The molecule has 3 aromatic rings. The van der Waals surface area contributed by atoms with Gasteiger partial charge in [-0.15, -0.1) is 0 Å². The van der Waals surface area contributed by atoms with E-state index in [1.807, 2.05) is 6.20 Å². The second kappa shape index (κ2) is 6.77. The molecule has 1 saturated heterocycles. The summed E-state index contributed by atoms with van der Waals surface area (Å²) in [5.41, 5.74) is 2.21. The highest BCUT2D eigenvalue weighted by atomic mass is 15.2. The number of aromatic amines is 1. The lowest BCUT2D eigenvalue weighted by Crippen LogP contribution is -2.36. The number of hydrogen-bond donors (Lipinski definition) is 1. The number of piperidine rings is 1. The third-order valence-electron chi connectivity index (χ3n) is 5.08. The number of para-hydroxylation sites is 2. The standard InChI is InChI=1S/C19H25N5/c1-2-18-20-10-12-24(18)14-13-23-11-6-5-9-17(23)19-21-15-7-3-4-8-16(15)22-19/h3-4,7-8,10,12,17H,2,5-6,9,11,13-14H2,1H3,(H,21,22). The van der Waals surface area contributed by atoms with Gasteiger partial charge in [0, 0.05) is 31.9 Å². The highest BCUT2D eigenvalue weighted by Gasteiger charge is 2.26. The molecule has 5 heteroatoms. The fourth-order valence-electron chi connectivity index (χ4n) is 3.79. The summed E-state index contributed by atoms with van der Waals surface area (Å²) in [6.07, 6.45) is 8.74. The Kier molecular flexibility index (Phi) is 4.34. The number of nitrogens with zero attached hydrogens (tertiary/aromatic N) is 4. The van der Waals surface area contributed by atoms with E-state index in [0.29, 0.717) is 6.04 Å². The van der Waals surface area contributed by atoms with Gasteiger partial charge in [0.1, 0.15) is 11.6 Å². The molecule has 0 aliphatic carbocycles. The lowest BCUT2D eigenvalue weighted by molar-refractivity contribution is 0.137. The van der Waals surface area contributed by atoms with Crippen LogP contribution in [0.25, 0.3) is 11.0 Å². The van der Waals surface area contributed by atoms with Gasteiger partial charge in [0.2, 0.25) is 0 Å². The van der Waals surface area contributed by atoms with Gasteiger partial charge >= 0.3 is 0 Å². The van der Waals surface area contributed by atoms with E-state index < -0.39 is 0 Å². The lowest BCUT2D eigenvalue weighted by Gasteiger charge is -2.34. The Hall–Kier alpha value is -2.14. The number of aromatic nitrogens is 4. The van der Waals surface area contributed by atoms with Crippen molar-refractivity contribution in [3.63, 3.8) is 0 Å². The van der Waals surface area contributed by atoms with Gasteiger partial charge in [-0.1, -0.05) is 25.5 Å². The van der Waals surface area contributed by atoms with E-state index in [4.69, 9.17) is 4.98 Å². The number of H-pyrrole nitrogens is 1. The molecular formula is C19H25N5. The van der Waals surface area contributed by atoms with Gasteiger partial charge in [-0.3, -0.25) is 4.90 Å². The maximum absolute atomic E-state index is 4.85. The van der Waals surface area contributed by atoms with Gasteiger partial charge < -0.3 is 9.55 Å². The molecule has 0 spiro atoms. The Balaban J connectivity index is 1.52. The minimum atomic E-state index is 0.403. The SMILES string of the molecule is CCc1nccn1CCN1CCCCC1c1nc2ccccc2[nH]1. The Labute approximate surface area is 142 Å². The minimum absolute atomic E-state index is 0.403. The average Bonchev–Trinajstić information content (AvgIpc) is 3.26. The van der Waals surface area contributed by atoms with E-state index >= 15 is 0 Å². The number of fused-ring (bicyclic) bond motifs is 1. The third-order valence-corrected chi connectivity index (χ3v) is 5.08. The third kappa shape index (κ3) is 2.96. The van der Waals surface area contributed by atoms with Crippen molar-refractivity contribution in [2.75, 3.05) is 13.1 Å². The Morgan fingerprint density at radius 3 is 3.00 bits per heavy atom. The van der Waals surface area contributed by atoms with Gasteiger partial charge in [0.15, 0.2) is 0 Å². The molecule has 1 aliphatic rings. The average molecular weight is 323 g/mol. The summed E-state index contributed by atoms with van der Waals surface area (Å²) in [5.74, 6) is 2.30. The molecule has 1 aromatic carbocycles. The summed E-state index contributed by atoms with van der Waals surface area (Å²) in [4.78, 5) is 15.4. The van der Waals surface area contributed by atoms with Gasteiger partial charge in [0.25, 0.3) is 0 Å². The predicted molar refractivity (Wildman–Crippen MR) is 95.9 cm³/mol. The fourth-order valence-corrected chi connectivity index (χ4v) is 3.79. The minimum Gasteiger partial charge on any atom is -0.341 e. The first-order valence-corrected chi connectivity index (χ1v) is 9.04. The van der Waals surface area contributed by atoms with E-state index in [0.717, 1.165) is 42.9 Å². The molecule has 2 aromatic heterocycles. The molecule has 24 heavy (non-hydrogen) atoms. The second-order valence-corrected chi connectivity index (χ2v) is 6.58. The van der Waals surface area contributed by atoms with Crippen LogP contribution in [0.1, 0.15) is 43.9 Å². The van der Waals surface area contributed by atoms with Crippen molar-refractivity contribution in [3.05, 3.63) is 48.3 Å². The normalized spacial score (nSPS) is 19.1. The van der Waals surface area contributed by atoms with Crippen molar-refractivity contribution in [1.82, 2.24) is 24.4 Å². The summed E-state index contributed by atoms with van der Waals surface area (Å²) in [6, 6.07) is 8.71. The van der Waals surface area contributed by atoms with Gasteiger partial charge in [-0.2, -0.15) is 0 Å². The van der Waals surface area contributed by atoms with Crippen LogP contribution in [-0.2, 0) is 13.0 Å². The molecule has 3 heterocycles. The zero-order chi connectivity index (χ0) is 16.4. The molecule has 0 amide bonds. The first-order chi connectivity index (χ1) is 11.8. The quantitative estimate of drug-likeness (QED) is 0.781. The molecule has 1 N–H and O–H groups in total. The molecule has 126 valence electrons. The van der Waals surface area contributed by atoms with E-state index in [1.165, 1.54) is 25.1 Å². The van der Waals surface area contributed by atoms with Crippen molar-refractivity contribution in [2.24, 2.45) is 0 Å². The maximum atomic E-state index is 4.85. The molecule has 4 rings (SSSR count). The molecule has 1 fully saturated rings. The molecule has 5 nitrogen and oxygen atoms in total. The van der Waals surface area contributed by atoms with Gasteiger partial charge in [0.05, 0.1) is 17.1 Å². The molecule has 0 radical (unpaired) electrons. The molecule has 1 unspecified atom stereocenters. The van der Waals surface area contributed by atoms with Crippen LogP contribution in [0.5, 0.6) is 0 Å².